The van der Waals surface area contributed by atoms with Gasteiger partial charge in [-0.05, 0) is 6.42 Å². The van der Waals surface area contributed by atoms with Gasteiger partial charge in [0.15, 0.2) is 5.82 Å². The Morgan fingerprint density at radius 1 is 1.78 bits per heavy atom. The molecule has 0 aliphatic rings. The highest BCUT2D eigenvalue weighted by atomic mass is 15.5. The van der Waals surface area contributed by atoms with E-state index in [2.05, 4.69) is 34.5 Å². The number of aromatic amines is 1. The van der Waals surface area contributed by atoms with Gasteiger partial charge in [-0.15, -0.1) is 10.2 Å². The largest absolute Gasteiger partial charge is 0.177 e. The van der Waals surface area contributed by atoms with E-state index in [0.29, 0.717) is 5.92 Å². The molecule has 0 saturated carbocycles. The molecule has 1 heterocycles. The van der Waals surface area contributed by atoms with Crippen LogP contribution >= 0.6 is 0 Å². The van der Waals surface area contributed by atoms with Gasteiger partial charge in [0.25, 0.3) is 0 Å². The fraction of sp³-hybridized carbons (Fsp3) is 0.800. The molecule has 9 heavy (non-hydrogen) atoms. The lowest BCUT2D eigenvalue weighted by molar-refractivity contribution is 0.680. The van der Waals surface area contributed by atoms with E-state index in [0.717, 1.165) is 12.2 Å². The lowest BCUT2D eigenvalue weighted by atomic mass is 10.1. The maximum Gasteiger partial charge on any atom is 0.177 e. The van der Waals surface area contributed by atoms with Crippen LogP contribution in [0.4, 0.5) is 0 Å². The second-order valence-electron chi connectivity index (χ2n) is 2.08. The Kier molecular flexibility index (Phi) is 1.77. The summed E-state index contributed by atoms with van der Waals surface area (Å²) in [5.74, 6) is 1.22. The van der Waals surface area contributed by atoms with Crippen LogP contribution in [0, 0.1) is 0 Å². The van der Waals surface area contributed by atoms with E-state index in [1.807, 2.05) is 0 Å². The third-order valence-electron chi connectivity index (χ3n) is 1.41. The Morgan fingerprint density at radius 3 is 3.00 bits per heavy atom. The first-order valence-electron chi connectivity index (χ1n) is 3.08. The van der Waals surface area contributed by atoms with Gasteiger partial charge in [-0.2, -0.15) is 5.21 Å². The van der Waals surface area contributed by atoms with Gasteiger partial charge >= 0.3 is 0 Å². The van der Waals surface area contributed by atoms with Crippen LogP contribution < -0.4 is 0 Å². The van der Waals surface area contributed by atoms with Crippen LogP contribution in [0.1, 0.15) is 33.4 Å². The maximum absolute atomic E-state index is 3.84. The van der Waals surface area contributed by atoms with E-state index < -0.39 is 0 Å². The molecule has 1 aromatic rings. The fourth-order valence-electron chi connectivity index (χ4n) is 0.561. The van der Waals surface area contributed by atoms with Crippen LogP contribution in [0.15, 0.2) is 0 Å². The minimum Gasteiger partial charge on any atom is -0.177 e. The molecule has 0 spiro atoms. The molecule has 4 nitrogen and oxygen atoms in total. The number of hydrogen-bond donors (Lipinski definition) is 1. The Hall–Kier alpha value is -0.930. The molecule has 1 unspecified atom stereocenters. The normalized spacial score (nSPS) is 13.6. The van der Waals surface area contributed by atoms with Gasteiger partial charge in [0.05, 0.1) is 0 Å². The van der Waals surface area contributed by atoms with Crippen molar-refractivity contribution in [3.8, 4) is 0 Å². The van der Waals surface area contributed by atoms with Crippen molar-refractivity contribution >= 4 is 0 Å². The average Bonchev–Trinajstić information content (AvgIpc) is 2.37. The summed E-state index contributed by atoms with van der Waals surface area (Å²) < 4.78 is 0. The molecule has 0 fully saturated rings. The monoisotopic (exact) mass is 128 g/mol. The van der Waals surface area contributed by atoms with Gasteiger partial charge < -0.3 is 0 Å². The Labute approximate surface area is 55.1 Å². The van der Waals surface area contributed by atoms with Crippen LogP contribution in [0.25, 0.3) is 0 Å². The number of aromatic nitrogens is 4. The fourth-order valence-corrected chi connectivity index (χ4v) is 0.561. The quantitative estimate of drug-likeness (QED) is 0.645. The molecule has 52 valence electrons. The average molecular weight is 128 g/mol. The van der Waals surface area contributed by atoms with Gasteiger partial charge in [-0.25, -0.2) is 0 Å². The molecule has 0 aromatic carbocycles. The van der Waals surface area contributed by atoms with E-state index in [-0.39, 0.29) is 1.43 Å². The molecule has 0 amide bonds. The van der Waals surface area contributed by atoms with E-state index in [1.54, 1.807) is 0 Å². The zero-order valence-electron chi connectivity index (χ0n) is 5.63. The van der Waals surface area contributed by atoms with Gasteiger partial charge in [-0.3, -0.25) is 0 Å². The van der Waals surface area contributed by atoms with Crippen LogP contribution in [0.3, 0.4) is 0 Å². The van der Waals surface area contributed by atoms with Crippen LogP contribution in [0.5, 0.6) is 0 Å². The second kappa shape index (κ2) is 2.57. The lowest BCUT2D eigenvalue weighted by Crippen LogP contribution is -1.93. The summed E-state index contributed by atoms with van der Waals surface area (Å²) in [6, 6.07) is 0. The first-order valence-corrected chi connectivity index (χ1v) is 3.08. The van der Waals surface area contributed by atoms with Crippen molar-refractivity contribution in [3.63, 3.8) is 0 Å². The summed E-state index contributed by atoms with van der Waals surface area (Å²) in [7, 11) is 0. The molecule has 1 N–H and O–H groups in total. The molecule has 1 rings (SSSR count). The molecule has 1 aromatic heterocycles. The smallest absolute Gasteiger partial charge is 0.177 e. The number of nitrogens with one attached hydrogen (secondary N) is 1. The molecule has 0 radical (unpaired) electrons. The van der Waals surface area contributed by atoms with Crippen molar-refractivity contribution < 1.29 is 1.43 Å². The van der Waals surface area contributed by atoms with Crippen LogP contribution in [-0.4, -0.2) is 20.6 Å². The van der Waals surface area contributed by atoms with Crippen molar-refractivity contribution in [1.29, 1.82) is 0 Å². The third kappa shape index (κ3) is 1.25. The van der Waals surface area contributed by atoms with Crippen molar-refractivity contribution in [2.45, 2.75) is 26.2 Å². The minimum atomic E-state index is 0. The number of hydrogen-bond acceptors (Lipinski definition) is 3. The summed E-state index contributed by atoms with van der Waals surface area (Å²) in [5.41, 5.74) is 0. The van der Waals surface area contributed by atoms with E-state index >= 15 is 0 Å². The molecule has 4 heteroatoms. The highest BCUT2D eigenvalue weighted by Crippen LogP contribution is 2.10. The zero-order valence-corrected chi connectivity index (χ0v) is 5.63. The van der Waals surface area contributed by atoms with Gasteiger partial charge in [0.2, 0.25) is 0 Å². The second-order valence-corrected chi connectivity index (χ2v) is 2.08. The summed E-state index contributed by atoms with van der Waals surface area (Å²) in [4.78, 5) is 0. The number of tetrazole rings is 1. The predicted octanol–water partition coefficient (Wildman–Crippen LogP) is 0.959. The molecule has 0 bridgehead atoms. The number of nitrogens with zero attached hydrogens (tertiary/aromatic N) is 3. The molecule has 0 aliphatic heterocycles. The van der Waals surface area contributed by atoms with Crippen molar-refractivity contribution in [2.24, 2.45) is 0 Å². The molecular formula is C5H12N4. The van der Waals surface area contributed by atoms with E-state index in [1.165, 1.54) is 0 Å². The highest BCUT2D eigenvalue weighted by Gasteiger charge is 2.05. The molecule has 0 aliphatic carbocycles. The molecule has 0 saturated heterocycles. The Bertz CT molecular complexity index is 162. The Morgan fingerprint density at radius 2 is 2.56 bits per heavy atom. The predicted molar refractivity (Wildman–Crippen MR) is 35.0 cm³/mol. The summed E-state index contributed by atoms with van der Waals surface area (Å²) in [6.45, 7) is 4.17. The minimum absolute atomic E-state index is 0. The number of rotatable bonds is 2. The Balaban J connectivity index is 0.000000810. The van der Waals surface area contributed by atoms with Crippen molar-refractivity contribution in [1.82, 2.24) is 20.6 Å². The molecular weight excluding hydrogens is 116 g/mol. The lowest BCUT2D eigenvalue weighted by Gasteiger charge is -1.97. The van der Waals surface area contributed by atoms with Gasteiger partial charge in [-0.1, -0.05) is 19.1 Å². The van der Waals surface area contributed by atoms with E-state index in [4.69, 9.17) is 0 Å². The van der Waals surface area contributed by atoms with E-state index in [9.17, 15) is 0 Å². The topological polar surface area (TPSA) is 54.5 Å². The summed E-state index contributed by atoms with van der Waals surface area (Å²) in [5, 5.41) is 13.5. The van der Waals surface area contributed by atoms with Crippen LogP contribution in [0.2, 0.25) is 0 Å². The number of H-pyrrole nitrogens is 1. The highest BCUT2D eigenvalue weighted by molar-refractivity contribution is 4.85. The van der Waals surface area contributed by atoms with Gasteiger partial charge in [0.1, 0.15) is 0 Å². The van der Waals surface area contributed by atoms with Crippen molar-refractivity contribution in [2.75, 3.05) is 0 Å². The maximum atomic E-state index is 3.84. The summed E-state index contributed by atoms with van der Waals surface area (Å²) >= 11 is 0. The van der Waals surface area contributed by atoms with Gasteiger partial charge in [0, 0.05) is 7.34 Å². The SMILES string of the molecule is CCC(C)c1nn[nH]n1.[HH]. The third-order valence-corrected chi connectivity index (χ3v) is 1.41. The van der Waals surface area contributed by atoms with Crippen molar-refractivity contribution in [3.05, 3.63) is 5.82 Å². The van der Waals surface area contributed by atoms with Crippen LogP contribution in [-0.2, 0) is 0 Å². The zero-order chi connectivity index (χ0) is 6.69. The standard InChI is InChI=1S/C5H10N4.H2/c1-3-4(2)5-6-8-9-7-5;/h4H,3H2,1-2H3,(H,6,7,8,9);1H. The summed E-state index contributed by atoms with van der Waals surface area (Å²) in [6.07, 6.45) is 1.06. The molecule has 1 atom stereocenters. The first-order chi connectivity index (χ1) is 4.34. The first kappa shape index (κ1) is 6.19.